The predicted octanol–water partition coefficient (Wildman–Crippen LogP) is 6.07. The number of hydrogen-bond acceptors (Lipinski definition) is 5. The minimum Gasteiger partial charge on any atom is -0.444 e. The Kier molecular flexibility index (Phi) is 8.91. The van der Waals surface area contributed by atoms with Crippen molar-refractivity contribution in [3.63, 3.8) is 0 Å². The second-order valence-corrected chi connectivity index (χ2v) is 14.4. The van der Waals surface area contributed by atoms with Crippen molar-refractivity contribution in [3.05, 3.63) is 94.7 Å². The SMILES string of the molecule is CC(C)(C)OC(=O)N1CCN(C(=O)N2CCC(O)(Cn3ccc(-c4ccccc4)c(F)c3=O)C3(CCCC3)C2)[C@H](c2ccccc2)C1. The molecule has 3 aromatic rings. The van der Waals surface area contributed by atoms with E-state index in [1.807, 2.05) is 67.0 Å². The number of piperidine rings is 1. The lowest BCUT2D eigenvalue weighted by Crippen LogP contribution is -2.64. The molecule has 3 fully saturated rings. The van der Waals surface area contributed by atoms with E-state index in [0.29, 0.717) is 51.1 Å². The zero-order valence-corrected chi connectivity index (χ0v) is 27.5. The van der Waals surface area contributed by atoms with E-state index in [2.05, 4.69) is 0 Å². The minimum absolute atomic E-state index is 0.0406. The molecule has 3 heterocycles. The number of aliphatic hydroxyl groups is 1. The monoisotopic (exact) mass is 644 g/mol. The molecule has 1 N–H and O–H groups in total. The Hall–Kier alpha value is -4.18. The maximum absolute atomic E-state index is 15.4. The number of hydrogen-bond donors (Lipinski definition) is 1. The summed E-state index contributed by atoms with van der Waals surface area (Å²) >= 11 is 0. The standard InChI is InChI=1S/C37H45FN4O5/c1-35(2,3)47-34(45)39-22-23-42(30(24-39)28-14-8-5-9-15-28)33(44)41-21-19-37(46,36(25-41)17-10-11-18-36)26-40-20-16-29(31(38)32(40)43)27-12-6-4-7-13-27/h4-9,12-16,20,30,46H,10-11,17-19,21-26H2,1-3H3/t30-,37?/m0/s1. The van der Waals surface area contributed by atoms with Gasteiger partial charge in [-0.2, -0.15) is 0 Å². The highest BCUT2D eigenvalue weighted by molar-refractivity contribution is 5.76. The number of aromatic nitrogens is 1. The molecule has 1 unspecified atom stereocenters. The molecule has 3 aliphatic rings. The van der Waals surface area contributed by atoms with E-state index in [-0.39, 0.29) is 30.6 Å². The number of urea groups is 1. The quantitative estimate of drug-likeness (QED) is 0.372. The van der Waals surface area contributed by atoms with Crippen molar-refractivity contribution in [1.82, 2.24) is 19.3 Å². The van der Waals surface area contributed by atoms with Crippen LogP contribution in [0.3, 0.4) is 0 Å². The summed E-state index contributed by atoms with van der Waals surface area (Å²) in [5.74, 6) is -0.840. The second-order valence-electron chi connectivity index (χ2n) is 14.4. The Labute approximate surface area is 275 Å². The number of likely N-dealkylation sites (tertiary alicyclic amines) is 1. The molecule has 2 aliphatic heterocycles. The van der Waals surface area contributed by atoms with Crippen molar-refractivity contribution in [3.8, 4) is 11.1 Å². The van der Waals surface area contributed by atoms with Gasteiger partial charge in [-0.1, -0.05) is 73.5 Å². The van der Waals surface area contributed by atoms with E-state index < -0.39 is 34.1 Å². The van der Waals surface area contributed by atoms with Gasteiger partial charge in [-0.15, -0.1) is 0 Å². The number of benzene rings is 2. The largest absolute Gasteiger partial charge is 0.444 e. The van der Waals surface area contributed by atoms with E-state index in [4.69, 9.17) is 4.74 Å². The van der Waals surface area contributed by atoms with Crippen LogP contribution < -0.4 is 5.56 Å². The molecule has 250 valence electrons. The number of carbonyl (C=O) groups excluding carboxylic acids is 2. The molecule has 2 saturated heterocycles. The van der Waals surface area contributed by atoms with E-state index in [9.17, 15) is 19.5 Å². The zero-order chi connectivity index (χ0) is 33.4. The van der Waals surface area contributed by atoms with Gasteiger partial charge in [0.1, 0.15) is 5.60 Å². The van der Waals surface area contributed by atoms with Crippen molar-refractivity contribution in [2.45, 2.75) is 76.7 Å². The van der Waals surface area contributed by atoms with Gasteiger partial charge >= 0.3 is 12.1 Å². The molecule has 0 bridgehead atoms. The first-order chi connectivity index (χ1) is 22.4. The van der Waals surface area contributed by atoms with E-state index in [1.54, 1.807) is 41.4 Å². The first-order valence-corrected chi connectivity index (χ1v) is 16.6. The Morgan fingerprint density at radius 3 is 2.23 bits per heavy atom. The van der Waals surface area contributed by atoms with Crippen LogP contribution in [0.2, 0.25) is 0 Å². The number of pyridine rings is 1. The Balaban J connectivity index is 1.23. The first kappa shape index (κ1) is 32.7. The Morgan fingerprint density at radius 2 is 1.57 bits per heavy atom. The number of halogens is 1. The fourth-order valence-corrected chi connectivity index (χ4v) is 7.70. The summed E-state index contributed by atoms with van der Waals surface area (Å²) in [5.41, 5.74) is -1.54. The molecule has 9 nitrogen and oxygen atoms in total. The third-order valence-corrected chi connectivity index (χ3v) is 10.2. The lowest BCUT2D eigenvalue weighted by molar-refractivity contribution is -0.137. The predicted molar refractivity (Wildman–Crippen MR) is 177 cm³/mol. The summed E-state index contributed by atoms with van der Waals surface area (Å²) in [6, 6.07) is 19.8. The van der Waals surface area contributed by atoms with Crippen LogP contribution in [0.15, 0.2) is 77.7 Å². The van der Waals surface area contributed by atoms with E-state index >= 15 is 4.39 Å². The first-order valence-electron chi connectivity index (χ1n) is 16.6. The summed E-state index contributed by atoms with van der Waals surface area (Å²) in [4.78, 5) is 46.0. The molecule has 1 saturated carbocycles. The van der Waals surface area contributed by atoms with Crippen molar-refractivity contribution in [2.75, 3.05) is 32.7 Å². The van der Waals surface area contributed by atoms with Gasteiger partial charge in [0.25, 0.3) is 5.56 Å². The van der Waals surface area contributed by atoms with Crippen LogP contribution in [0.1, 0.15) is 64.5 Å². The number of rotatable bonds is 4. The fraction of sp³-hybridized carbons (Fsp3) is 0.486. The van der Waals surface area contributed by atoms with E-state index in [1.165, 1.54) is 4.57 Å². The van der Waals surface area contributed by atoms with Gasteiger partial charge in [-0.3, -0.25) is 4.79 Å². The fourth-order valence-electron chi connectivity index (χ4n) is 7.70. The topological polar surface area (TPSA) is 95.3 Å². The summed E-state index contributed by atoms with van der Waals surface area (Å²) in [7, 11) is 0. The second kappa shape index (κ2) is 12.8. The number of ether oxygens (including phenoxy) is 1. The number of carbonyl (C=O) groups is 2. The molecule has 1 aromatic heterocycles. The van der Waals surface area contributed by atoms with Gasteiger partial charge < -0.3 is 29.1 Å². The summed E-state index contributed by atoms with van der Waals surface area (Å²) in [6.45, 7) is 7.10. The molecular weight excluding hydrogens is 599 g/mol. The highest BCUT2D eigenvalue weighted by Crippen LogP contribution is 2.52. The molecular formula is C37H45FN4O5. The van der Waals surface area contributed by atoms with Crippen LogP contribution in [-0.2, 0) is 11.3 Å². The third-order valence-electron chi connectivity index (χ3n) is 10.2. The molecule has 2 aromatic carbocycles. The van der Waals surface area contributed by atoms with Crippen molar-refractivity contribution in [1.29, 1.82) is 0 Å². The molecule has 6 rings (SSSR count). The number of piperazine rings is 1. The van der Waals surface area contributed by atoms with Gasteiger partial charge in [-0.25, -0.2) is 14.0 Å². The van der Waals surface area contributed by atoms with Crippen molar-refractivity contribution < 1.29 is 23.8 Å². The molecule has 0 radical (unpaired) electrons. The number of nitrogens with zero attached hydrogens (tertiary/aromatic N) is 4. The molecule has 3 amide bonds. The smallest absolute Gasteiger partial charge is 0.410 e. The van der Waals surface area contributed by atoms with Gasteiger partial charge in [0.2, 0.25) is 0 Å². The molecule has 47 heavy (non-hydrogen) atoms. The average molecular weight is 645 g/mol. The van der Waals surface area contributed by atoms with Gasteiger partial charge in [0.15, 0.2) is 5.82 Å². The normalized spacial score (nSPS) is 22.8. The van der Waals surface area contributed by atoms with Gasteiger partial charge in [0.05, 0.1) is 18.2 Å². The average Bonchev–Trinajstić information content (AvgIpc) is 3.54. The van der Waals surface area contributed by atoms with Crippen LogP contribution in [-0.4, -0.2) is 80.4 Å². The minimum atomic E-state index is -1.29. The summed E-state index contributed by atoms with van der Waals surface area (Å²) < 4.78 is 22.3. The lowest BCUT2D eigenvalue weighted by Gasteiger charge is -2.53. The lowest BCUT2D eigenvalue weighted by atomic mass is 9.66. The summed E-state index contributed by atoms with van der Waals surface area (Å²) in [6.07, 6.45) is 4.66. The maximum Gasteiger partial charge on any atom is 0.410 e. The molecule has 2 atom stereocenters. The van der Waals surface area contributed by atoms with Crippen molar-refractivity contribution >= 4 is 12.1 Å². The maximum atomic E-state index is 15.4. The van der Waals surface area contributed by atoms with Crippen LogP contribution >= 0.6 is 0 Å². The summed E-state index contributed by atoms with van der Waals surface area (Å²) in [5, 5.41) is 12.3. The Bertz CT molecular complexity index is 1650. The third kappa shape index (κ3) is 6.52. The van der Waals surface area contributed by atoms with E-state index in [0.717, 1.165) is 18.4 Å². The van der Waals surface area contributed by atoms with Gasteiger partial charge in [-0.05, 0) is 57.2 Å². The number of amides is 3. The highest BCUT2D eigenvalue weighted by atomic mass is 19.1. The highest BCUT2D eigenvalue weighted by Gasteiger charge is 2.56. The molecule has 10 heteroatoms. The van der Waals surface area contributed by atoms with Crippen LogP contribution in [0.25, 0.3) is 11.1 Å². The molecule has 1 spiro atoms. The van der Waals surface area contributed by atoms with Gasteiger partial charge in [0, 0.05) is 49.9 Å². The zero-order valence-electron chi connectivity index (χ0n) is 27.5. The Morgan fingerprint density at radius 1 is 0.915 bits per heavy atom. The van der Waals surface area contributed by atoms with Crippen molar-refractivity contribution in [2.24, 2.45) is 5.41 Å². The van der Waals surface area contributed by atoms with Crippen LogP contribution in [0.5, 0.6) is 0 Å². The van der Waals surface area contributed by atoms with Crippen LogP contribution in [0, 0.1) is 11.2 Å². The van der Waals surface area contributed by atoms with Crippen LogP contribution in [0.4, 0.5) is 14.0 Å². The molecule has 1 aliphatic carbocycles.